The number of halogens is 1. The topological polar surface area (TPSA) is 55.8 Å². The molecule has 0 spiro atoms. The predicted molar refractivity (Wildman–Crippen MR) is 111 cm³/mol. The summed E-state index contributed by atoms with van der Waals surface area (Å²) in [4.78, 5) is 26.5. The fourth-order valence-corrected chi connectivity index (χ4v) is 3.62. The number of carbonyl (C=O) groups is 2. The van der Waals surface area contributed by atoms with Crippen molar-refractivity contribution in [3.8, 4) is 11.5 Å². The van der Waals surface area contributed by atoms with Crippen LogP contribution in [0.4, 0.5) is 9.18 Å². The zero-order chi connectivity index (χ0) is 20.8. The van der Waals surface area contributed by atoms with Crippen molar-refractivity contribution in [2.24, 2.45) is 0 Å². The summed E-state index contributed by atoms with van der Waals surface area (Å²) in [5.74, 6) is 0.480. The number of unbranched alkanes of at least 4 members (excludes halogenated alkanes) is 1. The molecule has 152 valence electrons. The average Bonchev–Trinajstić information content (AvgIpc) is 2.98. The van der Waals surface area contributed by atoms with Crippen molar-refractivity contribution in [2.75, 3.05) is 13.7 Å². The summed E-state index contributed by atoms with van der Waals surface area (Å²) in [6.07, 6.45) is 3.65. The van der Waals surface area contributed by atoms with Crippen LogP contribution < -0.4 is 9.47 Å². The van der Waals surface area contributed by atoms with E-state index in [1.807, 2.05) is 6.07 Å². The van der Waals surface area contributed by atoms with E-state index in [4.69, 9.17) is 9.47 Å². The normalized spacial score (nSPS) is 15.3. The highest BCUT2D eigenvalue weighted by Crippen LogP contribution is 2.35. The Morgan fingerprint density at radius 2 is 1.86 bits per heavy atom. The van der Waals surface area contributed by atoms with Crippen LogP contribution in [0.3, 0.4) is 0 Å². The summed E-state index contributed by atoms with van der Waals surface area (Å²) >= 11 is 0.886. The second-order valence-corrected chi connectivity index (χ2v) is 7.50. The molecule has 0 bridgehead atoms. The number of hydrogen-bond donors (Lipinski definition) is 0. The van der Waals surface area contributed by atoms with Crippen LogP contribution >= 0.6 is 11.8 Å². The van der Waals surface area contributed by atoms with E-state index in [9.17, 15) is 14.0 Å². The highest BCUT2D eigenvalue weighted by Gasteiger charge is 2.35. The molecule has 3 rings (SSSR count). The fraction of sp³-hybridized carbons (Fsp3) is 0.273. The largest absolute Gasteiger partial charge is 0.493 e. The number of carbonyl (C=O) groups excluding carboxylic acids is 2. The molecule has 0 radical (unpaired) electrons. The molecule has 29 heavy (non-hydrogen) atoms. The minimum Gasteiger partial charge on any atom is -0.493 e. The van der Waals surface area contributed by atoms with Gasteiger partial charge in [-0.2, -0.15) is 0 Å². The number of amides is 2. The maximum absolute atomic E-state index is 13.1. The van der Waals surface area contributed by atoms with Crippen molar-refractivity contribution in [3.63, 3.8) is 0 Å². The van der Waals surface area contributed by atoms with E-state index in [1.54, 1.807) is 37.5 Å². The van der Waals surface area contributed by atoms with Gasteiger partial charge in [-0.3, -0.25) is 14.5 Å². The Balaban J connectivity index is 1.75. The van der Waals surface area contributed by atoms with Gasteiger partial charge < -0.3 is 9.47 Å². The second kappa shape index (κ2) is 9.60. The molecule has 2 amide bonds. The van der Waals surface area contributed by atoms with Crippen LogP contribution in [-0.4, -0.2) is 29.8 Å². The van der Waals surface area contributed by atoms with E-state index in [2.05, 4.69) is 6.92 Å². The molecule has 1 aliphatic heterocycles. The second-order valence-electron chi connectivity index (χ2n) is 6.51. The van der Waals surface area contributed by atoms with Crippen LogP contribution in [0.15, 0.2) is 47.4 Å². The van der Waals surface area contributed by atoms with Gasteiger partial charge in [0, 0.05) is 0 Å². The minimum atomic E-state index is -0.369. The minimum absolute atomic E-state index is 0.107. The standard InChI is InChI=1S/C22H22FNO4S/c1-3-4-11-28-18-10-7-16(12-19(18)27-2)13-20-21(25)24(22(26)29-20)14-15-5-8-17(23)9-6-15/h5-10,12-13H,3-4,11,14H2,1-2H3/b20-13-. The first-order valence-electron chi connectivity index (χ1n) is 9.32. The molecule has 7 heteroatoms. The molecule has 1 aliphatic rings. The molecule has 1 saturated heterocycles. The van der Waals surface area contributed by atoms with Gasteiger partial charge in [-0.1, -0.05) is 31.5 Å². The van der Waals surface area contributed by atoms with Crippen molar-refractivity contribution in [2.45, 2.75) is 26.3 Å². The Labute approximate surface area is 173 Å². The van der Waals surface area contributed by atoms with E-state index < -0.39 is 0 Å². The number of rotatable bonds is 8. The zero-order valence-electron chi connectivity index (χ0n) is 16.3. The van der Waals surface area contributed by atoms with Gasteiger partial charge in [-0.15, -0.1) is 0 Å². The molecule has 2 aromatic carbocycles. The van der Waals surface area contributed by atoms with Gasteiger partial charge >= 0.3 is 0 Å². The van der Waals surface area contributed by atoms with Crippen LogP contribution in [0.1, 0.15) is 30.9 Å². The summed E-state index contributed by atoms with van der Waals surface area (Å²) in [5.41, 5.74) is 1.42. The Kier molecular flexibility index (Phi) is 6.93. The number of nitrogens with zero attached hydrogens (tertiary/aromatic N) is 1. The first kappa shape index (κ1) is 20.9. The quantitative estimate of drug-likeness (QED) is 0.435. The van der Waals surface area contributed by atoms with Crippen molar-refractivity contribution in [1.82, 2.24) is 4.90 Å². The van der Waals surface area contributed by atoms with Crippen LogP contribution in [0.5, 0.6) is 11.5 Å². The van der Waals surface area contributed by atoms with Crippen molar-refractivity contribution in [3.05, 3.63) is 64.3 Å². The molecule has 0 N–H and O–H groups in total. The Morgan fingerprint density at radius 3 is 2.55 bits per heavy atom. The number of benzene rings is 2. The third-order valence-corrected chi connectivity index (χ3v) is 5.28. The number of thioether (sulfide) groups is 1. The van der Waals surface area contributed by atoms with Gasteiger partial charge in [-0.25, -0.2) is 4.39 Å². The number of hydrogen-bond acceptors (Lipinski definition) is 5. The molecule has 0 unspecified atom stereocenters. The molecule has 0 aromatic heterocycles. The van der Waals surface area contributed by atoms with Gasteiger partial charge in [0.25, 0.3) is 11.1 Å². The Hall–Kier alpha value is -2.80. The smallest absolute Gasteiger partial charge is 0.293 e. The van der Waals surface area contributed by atoms with Gasteiger partial charge in [0.15, 0.2) is 11.5 Å². The summed E-state index contributed by atoms with van der Waals surface area (Å²) in [5, 5.41) is -0.350. The third kappa shape index (κ3) is 5.17. The Bertz CT molecular complexity index is 927. The predicted octanol–water partition coefficient (Wildman–Crippen LogP) is 5.25. The van der Waals surface area contributed by atoms with Crippen molar-refractivity contribution < 1.29 is 23.5 Å². The van der Waals surface area contributed by atoms with Gasteiger partial charge in [0.05, 0.1) is 25.2 Å². The molecule has 5 nitrogen and oxygen atoms in total. The third-order valence-electron chi connectivity index (χ3n) is 4.37. The summed E-state index contributed by atoms with van der Waals surface area (Å²) < 4.78 is 24.2. The summed E-state index contributed by atoms with van der Waals surface area (Å²) in [6, 6.07) is 11.1. The number of methoxy groups -OCH3 is 1. The SMILES string of the molecule is CCCCOc1ccc(/C=C2\SC(=O)N(Cc3ccc(F)cc3)C2=O)cc1OC. The van der Waals surface area contributed by atoms with E-state index >= 15 is 0 Å². The lowest BCUT2D eigenvalue weighted by molar-refractivity contribution is -0.123. The zero-order valence-corrected chi connectivity index (χ0v) is 17.1. The van der Waals surface area contributed by atoms with Crippen molar-refractivity contribution in [1.29, 1.82) is 0 Å². The van der Waals surface area contributed by atoms with E-state index in [0.29, 0.717) is 28.6 Å². The lowest BCUT2D eigenvalue weighted by Crippen LogP contribution is -2.27. The van der Waals surface area contributed by atoms with Crippen molar-refractivity contribution >= 4 is 29.0 Å². The van der Waals surface area contributed by atoms with Crippen LogP contribution in [0, 0.1) is 5.82 Å². The number of imide groups is 1. The highest BCUT2D eigenvalue weighted by atomic mass is 32.2. The molecule has 1 fully saturated rings. The molecule has 1 heterocycles. The van der Waals surface area contributed by atoms with E-state index in [-0.39, 0.29) is 23.5 Å². The first-order valence-corrected chi connectivity index (χ1v) is 10.1. The fourth-order valence-electron chi connectivity index (χ4n) is 2.78. The first-order chi connectivity index (χ1) is 14.0. The summed E-state index contributed by atoms with van der Waals surface area (Å²) in [7, 11) is 1.56. The van der Waals surface area contributed by atoms with Gasteiger partial charge in [-0.05, 0) is 59.7 Å². The van der Waals surface area contributed by atoms with Crippen LogP contribution in [0.2, 0.25) is 0 Å². The molecule has 2 aromatic rings. The maximum Gasteiger partial charge on any atom is 0.293 e. The highest BCUT2D eigenvalue weighted by molar-refractivity contribution is 8.18. The molecule has 0 aliphatic carbocycles. The lowest BCUT2D eigenvalue weighted by atomic mass is 10.1. The molecular weight excluding hydrogens is 393 g/mol. The van der Waals surface area contributed by atoms with Crippen LogP contribution in [-0.2, 0) is 11.3 Å². The number of ether oxygens (including phenoxy) is 2. The van der Waals surface area contributed by atoms with Gasteiger partial charge in [0.1, 0.15) is 5.82 Å². The lowest BCUT2D eigenvalue weighted by Gasteiger charge is -2.12. The monoisotopic (exact) mass is 415 g/mol. The maximum atomic E-state index is 13.1. The van der Waals surface area contributed by atoms with E-state index in [1.165, 1.54) is 12.1 Å². The molecule has 0 saturated carbocycles. The summed E-state index contributed by atoms with van der Waals surface area (Å²) in [6.45, 7) is 2.80. The average molecular weight is 415 g/mol. The molecular formula is C22H22FNO4S. The van der Waals surface area contributed by atoms with E-state index in [0.717, 1.165) is 35.1 Å². The van der Waals surface area contributed by atoms with Crippen LogP contribution in [0.25, 0.3) is 6.08 Å². The van der Waals surface area contributed by atoms with Gasteiger partial charge in [0.2, 0.25) is 0 Å². The Morgan fingerprint density at radius 1 is 1.10 bits per heavy atom. The molecule has 0 atom stereocenters.